The highest BCUT2D eigenvalue weighted by Gasteiger charge is 2.11. The number of hydrogen-bond acceptors (Lipinski definition) is 3. The number of H-pyrrole nitrogens is 1. The Labute approximate surface area is 93.5 Å². The van der Waals surface area contributed by atoms with Crippen molar-refractivity contribution in [2.45, 2.75) is 12.3 Å². The highest BCUT2D eigenvalue weighted by molar-refractivity contribution is 9.08. The van der Waals surface area contributed by atoms with Crippen LogP contribution in [0, 0.1) is 18.3 Å². The topological polar surface area (TPSA) is 73.9 Å². The van der Waals surface area contributed by atoms with E-state index < -0.39 is 0 Å². The Morgan fingerprint density at radius 3 is 3.07 bits per heavy atom. The third-order valence-electron chi connectivity index (χ3n) is 2.26. The van der Waals surface area contributed by atoms with Crippen LogP contribution >= 0.6 is 15.9 Å². The molecule has 2 rings (SSSR count). The smallest absolute Gasteiger partial charge is 0.277 e. The van der Waals surface area contributed by atoms with Crippen LogP contribution in [0.3, 0.4) is 0 Å². The maximum Gasteiger partial charge on any atom is 0.277 e. The van der Waals surface area contributed by atoms with Crippen molar-refractivity contribution in [2.24, 2.45) is 0 Å². The zero-order chi connectivity index (χ0) is 11.0. The summed E-state index contributed by atoms with van der Waals surface area (Å²) >= 11 is 3.28. The fourth-order valence-electron chi connectivity index (χ4n) is 1.36. The molecule has 1 N–H and O–H groups in total. The molecule has 0 amide bonds. The zero-order valence-corrected chi connectivity index (χ0v) is 9.50. The number of halogens is 1. The molecule has 76 valence electrons. The van der Waals surface area contributed by atoms with E-state index in [0.29, 0.717) is 22.1 Å². The van der Waals surface area contributed by atoms with Crippen molar-refractivity contribution in [3.63, 3.8) is 0 Å². The first-order chi connectivity index (χ1) is 7.19. The van der Waals surface area contributed by atoms with Gasteiger partial charge in [-0.15, -0.1) is 0 Å². The summed E-state index contributed by atoms with van der Waals surface area (Å²) in [5.74, 6) is 0. The molecule has 0 bridgehead atoms. The number of fused-ring (bicyclic) bond motifs is 1. The van der Waals surface area contributed by atoms with Crippen molar-refractivity contribution in [1.82, 2.24) is 14.6 Å². The van der Waals surface area contributed by atoms with E-state index in [1.807, 2.05) is 6.07 Å². The van der Waals surface area contributed by atoms with Gasteiger partial charge in [0.05, 0.1) is 6.20 Å². The van der Waals surface area contributed by atoms with E-state index in [1.165, 1.54) is 10.7 Å². The molecule has 5 nitrogen and oxygen atoms in total. The quantitative estimate of drug-likeness (QED) is 0.786. The minimum Gasteiger partial charge on any atom is -0.341 e. The molecule has 6 heteroatoms. The van der Waals surface area contributed by atoms with Gasteiger partial charge in [0.1, 0.15) is 11.6 Å². The maximum atomic E-state index is 11.8. The molecule has 0 unspecified atom stereocenters. The second-order valence-corrected chi connectivity index (χ2v) is 3.66. The molecule has 0 spiro atoms. The lowest BCUT2D eigenvalue weighted by Gasteiger charge is -2.02. The van der Waals surface area contributed by atoms with Crippen LogP contribution in [0.2, 0.25) is 0 Å². The third-order valence-corrected chi connectivity index (χ3v) is 2.82. The SMILES string of the molecule is Cc1c(CBr)[nH]c2c(C#N)cnn2c1=O. The van der Waals surface area contributed by atoms with E-state index in [2.05, 4.69) is 26.0 Å². The number of nitrogens with one attached hydrogen (secondary N) is 1. The van der Waals surface area contributed by atoms with Crippen LogP contribution in [0.1, 0.15) is 16.8 Å². The number of aromatic nitrogens is 3. The van der Waals surface area contributed by atoms with Crippen LogP contribution in [0.15, 0.2) is 11.0 Å². The van der Waals surface area contributed by atoms with Crippen LogP contribution in [-0.4, -0.2) is 14.6 Å². The minimum absolute atomic E-state index is 0.195. The highest BCUT2D eigenvalue weighted by Crippen LogP contribution is 2.10. The minimum atomic E-state index is -0.195. The van der Waals surface area contributed by atoms with Gasteiger partial charge in [0, 0.05) is 16.6 Å². The van der Waals surface area contributed by atoms with Crippen molar-refractivity contribution in [1.29, 1.82) is 5.26 Å². The maximum absolute atomic E-state index is 11.8. The van der Waals surface area contributed by atoms with Gasteiger partial charge in [0.15, 0.2) is 5.65 Å². The van der Waals surface area contributed by atoms with Crippen LogP contribution in [-0.2, 0) is 5.33 Å². The van der Waals surface area contributed by atoms with Crippen molar-refractivity contribution >= 4 is 21.6 Å². The molecule has 0 aliphatic rings. The molecule has 0 saturated heterocycles. The fourth-order valence-corrected chi connectivity index (χ4v) is 1.92. The first-order valence-corrected chi connectivity index (χ1v) is 5.36. The summed E-state index contributed by atoms with van der Waals surface area (Å²) in [5.41, 5.74) is 1.99. The summed E-state index contributed by atoms with van der Waals surface area (Å²) in [7, 11) is 0. The first kappa shape index (κ1) is 9.93. The van der Waals surface area contributed by atoms with Crippen molar-refractivity contribution in [3.05, 3.63) is 33.4 Å². The van der Waals surface area contributed by atoms with E-state index in [0.717, 1.165) is 5.69 Å². The van der Waals surface area contributed by atoms with Gasteiger partial charge in [0.25, 0.3) is 5.56 Å². The standard InChI is InChI=1S/C9H7BrN4O/c1-5-7(2-10)13-8-6(3-11)4-12-14(8)9(5)15/h4,13H,2H2,1H3. The summed E-state index contributed by atoms with van der Waals surface area (Å²) in [4.78, 5) is 14.8. The molecule has 0 radical (unpaired) electrons. The second-order valence-electron chi connectivity index (χ2n) is 3.10. The number of aromatic amines is 1. The third kappa shape index (κ3) is 1.36. The Kier molecular flexibility index (Phi) is 2.32. The molecule has 2 aromatic rings. The molecule has 0 atom stereocenters. The van der Waals surface area contributed by atoms with Gasteiger partial charge in [-0.3, -0.25) is 4.79 Å². The molecule has 0 aromatic carbocycles. The molecular formula is C9H7BrN4O. The predicted molar refractivity (Wildman–Crippen MR) is 57.9 cm³/mol. The van der Waals surface area contributed by atoms with Gasteiger partial charge in [-0.05, 0) is 6.92 Å². The normalized spacial score (nSPS) is 10.5. The van der Waals surface area contributed by atoms with Gasteiger partial charge < -0.3 is 4.98 Å². The van der Waals surface area contributed by atoms with Gasteiger partial charge >= 0.3 is 0 Å². The van der Waals surface area contributed by atoms with Crippen molar-refractivity contribution in [3.8, 4) is 6.07 Å². The van der Waals surface area contributed by atoms with E-state index >= 15 is 0 Å². The van der Waals surface area contributed by atoms with E-state index in [-0.39, 0.29) is 5.56 Å². The molecule has 0 saturated carbocycles. The first-order valence-electron chi connectivity index (χ1n) is 4.24. The summed E-state index contributed by atoms with van der Waals surface area (Å²) in [5, 5.41) is 13.2. The van der Waals surface area contributed by atoms with Crippen LogP contribution in [0.4, 0.5) is 0 Å². The van der Waals surface area contributed by atoms with Gasteiger partial charge in [-0.1, -0.05) is 15.9 Å². The van der Waals surface area contributed by atoms with Crippen LogP contribution < -0.4 is 5.56 Å². The van der Waals surface area contributed by atoms with Gasteiger partial charge in [0.2, 0.25) is 0 Å². The lowest BCUT2D eigenvalue weighted by Crippen LogP contribution is -2.20. The van der Waals surface area contributed by atoms with Gasteiger partial charge in [-0.2, -0.15) is 14.9 Å². The zero-order valence-electron chi connectivity index (χ0n) is 7.91. The van der Waals surface area contributed by atoms with E-state index in [4.69, 9.17) is 5.26 Å². The Balaban J connectivity index is 2.95. The van der Waals surface area contributed by atoms with Gasteiger partial charge in [-0.25, -0.2) is 0 Å². The fraction of sp³-hybridized carbons (Fsp3) is 0.222. The summed E-state index contributed by atoms with van der Waals surface area (Å²) in [6.45, 7) is 1.72. The lowest BCUT2D eigenvalue weighted by molar-refractivity contribution is 0.872. The number of nitrogens with zero attached hydrogens (tertiary/aromatic N) is 3. The Morgan fingerprint density at radius 2 is 2.47 bits per heavy atom. The molecule has 15 heavy (non-hydrogen) atoms. The highest BCUT2D eigenvalue weighted by atomic mass is 79.9. The number of nitriles is 1. The van der Waals surface area contributed by atoms with Crippen LogP contribution in [0.5, 0.6) is 0 Å². The number of rotatable bonds is 1. The second kappa shape index (κ2) is 3.51. The van der Waals surface area contributed by atoms with Crippen LogP contribution in [0.25, 0.3) is 5.65 Å². The Hall–Kier alpha value is -1.61. The molecule has 2 aromatic heterocycles. The molecular weight excluding hydrogens is 260 g/mol. The molecule has 0 aliphatic carbocycles. The Morgan fingerprint density at radius 1 is 1.73 bits per heavy atom. The van der Waals surface area contributed by atoms with E-state index in [9.17, 15) is 4.79 Å². The molecule has 2 heterocycles. The lowest BCUT2D eigenvalue weighted by atomic mass is 10.2. The predicted octanol–water partition coefficient (Wildman–Crippen LogP) is 1.10. The summed E-state index contributed by atoms with van der Waals surface area (Å²) in [6, 6.07) is 1.98. The number of alkyl halides is 1. The van der Waals surface area contributed by atoms with Crippen molar-refractivity contribution < 1.29 is 0 Å². The number of hydrogen-bond donors (Lipinski definition) is 1. The van der Waals surface area contributed by atoms with Crippen molar-refractivity contribution in [2.75, 3.05) is 0 Å². The van der Waals surface area contributed by atoms with E-state index in [1.54, 1.807) is 6.92 Å². The Bertz CT molecular complexity index is 619. The average molecular weight is 267 g/mol. The average Bonchev–Trinajstić information content (AvgIpc) is 2.66. The molecule has 0 fully saturated rings. The summed E-state index contributed by atoms with van der Waals surface area (Å²) in [6.07, 6.45) is 1.38. The summed E-state index contributed by atoms with van der Waals surface area (Å²) < 4.78 is 1.21. The monoisotopic (exact) mass is 266 g/mol. The molecule has 0 aliphatic heterocycles. The largest absolute Gasteiger partial charge is 0.341 e.